The molecule has 30 heavy (non-hydrogen) atoms. The van der Waals surface area contributed by atoms with Crippen LogP contribution in [-0.2, 0) is 0 Å². The predicted molar refractivity (Wildman–Crippen MR) is 105 cm³/mol. The summed E-state index contributed by atoms with van der Waals surface area (Å²) in [5, 5.41) is 20.7. The van der Waals surface area contributed by atoms with Crippen LogP contribution in [0.25, 0.3) is 11.0 Å². The van der Waals surface area contributed by atoms with E-state index >= 15 is 0 Å². The molecule has 0 bridgehead atoms. The number of aromatic hydroxyl groups is 1. The molecular formula is C21H20O9. The van der Waals surface area contributed by atoms with Crippen LogP contribution in [0.15, 0.2) is 39.5 Å². The number of phenolic OH excluding ortho intramolecular Hbond substituents is 1. The summed E-state index contributed by atoms with van der Waals surface area (Å²) in [7, 11) is 4.29. The average molecular weight is 416 g/mol. The van der Waals surface area contributed by atoms with Crippen molar-refractivity contribution in [2.75, 3.05) is 27.9 Å². The SMILES string of the molecule is COc1cc([C@H]2Oc3c(OC)cc4ccc(=O)oc4c3O[C@@H]2CO)cc(OC)c1O. The summed E-state index contributed by atoms with van der Waals surface area (Å²) in [6.45, 7) is -0.397. The topological polar surface area (TPSA) is 117 Å². The number of hydrogen-bond donors (Lipinski definition) is 2. The first kappa shape index (κ1) is 19.7. The second kappa shape index (κ2) is 7.68. The molecule has 2 atom stereocenters. The Labute approximate surface area is 170 Å². The number of methoxy groups -OCH3 is 3. The normalized spacial score (nSPS) is 17.6. The molecule has 0 spiro atoms. The summed E-state index contributed by atoms with van der Waals surface area (Å²) in [4.78, 5) is 11.7. The van der Waals surface area contributed by atoms with E-state index in [0.29, 0.717) is 16.7 Å². The molecule has 3 aromatic rings. The van der Waals surface area contributed by atoms with E-state index < -0.39 is 24.4 Å². The van der Waals surface area contributed by atoms with E-state index in [1.54, 1.807) is 24.3 Å². The van der Waals surface area contributed by atoms with Crippen molar-refractivity contribution in [3.63, 3.8) is 0 Å². The molecule has 2 heterocycles. The summed E-state index contributed by atoms with van der Waals surface area (Å²) >= 11 is 0. The van der Waals surface area contributed by atoms with Crippen molar-refractivity contribution in [3.05, 3.63) is 46.3 Å². The number of aliphatic hydroxyl groups excluding tert-OH is 1. The summed E-state index contributed by atoms with van der Waals surface area (Å²) in [6, 6.07) is 7.66. The Morgan fingerprint density at radius 2 is 1.60 bits per heavy atom. The molecule has 9 nitrogen and oxygen atoms in total. The van der Waals surface area contributed by atoms with Crippen molar-refractivity contribution in [2.24, 2.45) is 0 Å². The third-order valence-corrected chi connectivity index (χ3v) is 4.87. The van der Waals surface area contributed by atoms with E-state index in [2.05, 4.69) is 0 Å². The van der Waals surface area contributed by atoms with Crippen LogP contribution in [-0.4, -0.2) is 44.3 Å². The van der Waals surface area contributed by atoms with Gasteiger partial charge in [0.15, 0.2) is 35.0 Å². The van der Waals surface area contributed by atoms with Gasteiger partial charge in [-0.15, -0.1) is 0 Å². The Morgan fingerprint density at radius 1 is 0.933 bits per heavy atom. The second-order valence-electron chi connectivity index (χ2n) is 6.56. The number of rotatable bonds is 5. The molecule has 0 aliphatic carbocycles. The first-order chi connectivity index (χ1) is 14.5. The first-order valence-corrected chi connectivity index (χ1v) is 9.04. The van der Waals surface area contributed by atoms with Gasteiger partial charge in [-0.2, -0.15) is 0 Å². The van der Waals surface area contributed by atoms with Crippen molar-refractivity contribution in [1.82, 2.24) is 0 Å². The lowest BCUT2D eigenvalue weighted by atomic mass is 10.0. The quantitative estimate of drug-likeness (QED) is 0.605. The fraction of sp³-hybridized carbons (Fsp3) is 0.286. The lowest BCUT2D eigenvalue weighted by Crippen LogP contribution is -2.36. The number of benzene rings is 2. The zero-order valence-electron chi connectivity index (χ0n) is 16.5. The highest BCUT2D eigenvalue weighted by Gasteiger charge is 2.37. The fourth-order valence-corrected chi connectivity index (χ4v) is 3.42. The number of hydrogen-bond acceptors (Lipinski definition) is 9. The van der Waals surface area contributed by atoms with Crippen LogP contribution in [0, 0.1) is 0 Å². The van der Waals surface area contributed by atoms with Gasteiger partial charge in [-0.3, -0.25) is 0 Å². The second-order valence-corrected chi connectivity index (χ2v) is 6.56. The van der Waals surface area contributed by atoms with Crippen molar-refractivity contribution in [1.29, 1.82) is 0 Å². The van der Waals surface area contributed by atoms with E-state index in [-0.39, 0.29) is 34.3 Å². The van der Waals surface area contributed by atoms with Crippen LogP contribution >= 0.6 is 0 Å². The number of phenols is 1. The zero-order chi connectivity index (χ0) is 21.4. The Morgan fingerprint density at radius 3 is 2.20 bits per heavy atom. The molecule has 0 saturated heterocycles. The molecule has 0 unspecified atom stereocenters. The summed E-state index contributed by atoms with van der Waals surface area (Å²) in [5.41, 5.74) is 0.174. The Kier molecular flexibility index (Phi) is 5.04. The maximum absolute atomic E-state index is 11.7. The van der Waals surface area contributed by atoms with E-state index in [1.807, 2.05) is 0 Å². The molecule has 158 valence electrons. The first-order valence-electron chi connectivity index (χ1n) is 9.04. The minimum Gasteiger partial charge on any atom is -0.502 e. The fourth-order valence-electron chi connectivity index (χ4n) is 3.42. The molecule has 0 saturated carbocycles. The predicted octanol–water partition coefficient (Wildman–Crippen LogP) is 2.40. The minimum atomic E-state index is -0.850. The third-order valence-electron chi connectivity index (χ3n) is 4.87. The highest BCUT2D eigenvalue weighted by Crippen LogP contribution is 2.50. The minimum absolute atomic E-state index is 0.160. The lowest BCUT2D eigenvalue weighted by Gasteiger charge is -2.34. The lowest BCUT2D eigenvalue weighted by molar-refractivity contribution is -0.0136. The van der Waals surface area contributed by atoms with Gasteiger partial charge in [-0.05, 0) is 24.3 Å². The molecule has 2 aromatic carbocycles. The van der Waals surface area contributed by atoms with Crippen molar-refractivity contribution < 1.29 is 38.3 Å². The van der Waals surface area contributed by atoms with E-state index in [0.717, 1.165) is 0 Å². The Balaban J connectivity index is 1.89. The molecular weight excluding hydrogens is 396 g/mol. The molecule has 1 aliphatic rings. The standard InChI is InChI=1S/C21H20O9/c1-25-12-7-11(8-13(26-2)17(12)24)18-15(9-22)28-21-19-10(4-5-16(23)29-19)6-14(27-3)20(21)30-18/h4-8,15,18,22,24H,9H2,1-3H3/t15-,18-/m1/s1. The zero-order valence-corrected chi connectivity index (χ0v) is 16.5. The third kappa shape index (κ3) is 3.13. The number of aliphatic hydroxyl groups is 1. The smallest absolute Gasteiger partial charge is 0.336 e. The van der Waals surface area contributed by atoms with Crippen LogP contribution in [0.1, 0.15) is 11.7 Å². The highest BCUT2D eigenvalue weighted by atomic mass is 16.6. The van der Waals surface area contributed by atoms with Gasteiger partial charge in [0.25, 0.3) is 0 Å². The van der Waals surface area contributed by atoms with Gasteiger partial charge >= 0.3 is 5.63 Å². The van der Waals surface area contributed by atoms with Gasteiger partial charge in [-0.1, -0.05) is 0 Å². The summed E-state index contributed by atoms with van der Waals surface area (Å²) < 4.78 is 33.3. The maximum atomic E-state index is 11.7. The maximum Gasteiger partial charge on any atom is 0.336 e. The summed E-state index contributed by atoms with van der Waals surface area (Å²) in [5.74, 6) is 0.936. The van der Waals surface area contributed by atoms with E-state index in [4.69, 9.17) is 28.1 Å². The van der Waals surface area contributed by atoms with Crippen LogP contribution in [0.3, 0.4) is 0 Å². The van der Waals surface area contributed by atoms with Crippen LogP contribution in [0.2, 0.25) is 0 Å². The molecule has 1 aliphatic heterocycles. The van der Waals surface area contributed by atoms with Crippen LogP contribution in [0.4, 0.5) is 0 Å². The molecule has 2 N–H and O–H groups in total. The molecule has 9 heteroatoms. The molecule has 1 aromatic heterocycles. The molecule has 0 amide bonds. The van der Waals surface area contributed by atoms with Gasteiger partial charge in [0.1, 0.15) is 0 Å². The van der Waals surface area contributed by atoms with Gasteiger partial charge < -0.3 is 38.3 Å². The van der Waals surface area contributed by atoms with Crippen molar-refractivity contribution >= 4 is 11.0 Å². The van der Waals surface area contributed by atoms with Crippen molar-refractivity contribution in [2.45, 2.75) is 12.2 Å². The van der Waals surface area contributed by atoms with Crippen LogP contribution < -0.4 is 29.3 Å². The van der Waals surface area contributed by atoms with Gasteiger partial charge in [0.2, 0.25) is 17.2 Å². The largest absolute Gasteiger partial charge is 0.502 e. The van der Waals surface area contributed by atoms with Crippen LogP contribution in [0.5, 0.6) is 34.5 Å². The van der Waals surface area contributed by atoms with Gasteiger partial charge in [0, 0.05) is 17.0 Å². The Bertz CT molecular complexity index is 1130. The van der Waals surface area contributed by atoms with Gasteiger partial charge in [-0.25, -0.2) is 4.79 Å². The number of fused-ring (bicyclic) bond motifs is 3. The number of ether oxygens (including phenoxy) is 5. The Hall–Kier alpha value is -3.59. The highest BCUT2D eigenvalue weighted by molar-refractivity contribution is 5.88. The molecule has 4 rings (SSSR count). The van der Waals surface area contributed by atoms with Gasteiger partial charge in [0.05, 0.1) is 27.9 Å². The van der Waals surface area contributed by atoms with E-state index in [1.165, 1.54) is 27.4 Å². The molecule has 0 fully saturated rings. The average Bonchev–Trinajstić information content (AvgIpc) is 2.77. The van der Waals surface area contributed by atoms with Crippen molar-refractivity contribution in [3.8, 4) is 34.5 Å². The monoisotopic (exact) mass is 416 g/mol. The summed E-state index contributed by atoms with van der Waals surface area (Å²) in [6.07, 6.45) is -1.65. The molecule has 0 radical (unpaired) electrons. The van der Waals surface area contributed by atoms with E-state index in [9.17, 15) is 15.0 Å².